The molecule has 1 aromatic carbocycles. The molecule has 2 aromatic heterocycles. The van der Waals surface area contributed by atoms with Crippen LogP contribution in [0, 0.1) is 11.6 Å². The van der Waals surface area contributed by atoms with Crippen LogP contribution < -0.4 is 11.1 Å². The molecule has 6 nitrogen and oxygen atoms in total. The van der Waals surface area contributed by atoms with Crippen LogP contribution >= 0.6 is 11.3 Å². The average Bonchev–Trinajstić information content (AvgIpc) is 3.04. The number of anilines is 2. The number of nitrogens with one attached hydrogen (secondary N) is 1. The summed E-state index contributed by atoms with van der Waals surface area (Å²) in [6.07, 6.45) is 1.33. The van der Waals surface area contributed by atoms with E-state index in [9.17, 15) is 23.1 Å². The van der Waals surface area contributed by atoms with Crippen LogP contribution in [-0.4, -0.2) is 21.0 Å². The van der Waals surface area contributed by atoms with Crippen LogP contribution in [0.1, 0.15) is 35.6 Å². The highest BCUT2D eigenvalue weighted by atomic mass is 32.1. The Morgan fingerprint density at radius 3 is 2.48 bits per heavy atom. The molecule has 0 aliphatic heterocycles. The fourth-order valence-corrected chi connectivity index (χ4v) is 3.72. The molecule has 29 heavy (non-hydrogen) atoms. The second kappa shape index (κ2) is 7.80. The molecule has 0 unspecified atom stereocenters. The van der Waals surface area contributed by atoms with Gasteiger partial charge in [0.1, 0.15) is 29.1 Å². The number of nitrogens with zero attached hydrogens (tertiary/aromatic N) is 2. The molecule has 0 spiro atoms. The number of carbonyl (C=O) groups excluding carboxylic acids is 1. The van der Waals surface area contributed by atoms with Gasteiger partial charge >= 0.3 is 0 Å². The Balaban J connectivity index is 2.06. The normalized spacial score (nSPS) is 11.5. The van der Waals surface area contributed by atoms with Crippen molar-refractivity contribution in [2.24, 2.45) is 5.73 Å². The van der Waals surface area contributed by atoms with Crippen molar-refractivity contribution < 1.29 is 23.1 Å². The molecular formula is C19H17F3N4O2S. The molecule has 2 heterocycles. The lowest BCUT2D eigenvalue weighted by Crippen LogP contribution is -2.16. The molecule has 3 rings (SSSR count). The smallest absolute Gasteiger partial charge is 0.251 e. The Labute approximate surface area is 168 Å². The molecule has 152 valence electrons. The minimum absolute atomic E-state index is 0.00391. The first-order chi connectivity index (χ1) is 13.6. The number of hydrogen-bond donors (Lipinski definition) is 3. The lowest BCUT2D eigenvalue weighted by atomic mass is 9.96. The van der Waals surface area contributed by atoms with Crippen LogP contribution in [0.15, 0.2) is 30.5 Å². The van der Waals surface area contributed by atoms with Crippen molar-refractivity contribution in [2.45, 2.75) is 26.1 Å². The molecule has 4 N–H and O–H groups in total. The number of carbonyl (C=O) groups is 1. The summed E-state index contributed by atoms with van der Waals surface area (Å²) in [4.78, 5) is 19.6. The topological polar surface area (TPSA) is 101 Å². The predicted octanol–water partition coefficient (Wildman–Crippen LogP) is 4.02. The van der Waals surface area contributed by atoms with Crippen LogP contribution in [-0.2, 0) is 12.3 Å². The van der Waals surface area contributed by atoms with Crippen molar-refractivity contribution >= 4 is 28.1 Å². The number of benzene rings is 1. The monoisotopic (exact) mass is 422 g/mol. The van der Waals surface area contributed by atoms with Gasteiger partial charge in [-0.1, -0.05) is 0 Å². The SMILES string of the molecule is CC(C)(O)c1cc(F)c(-c2cc(C(N)=O)c(Nc3ccnc(CF)n3)s2)c(F)c1. The molecular weight excluding hydrogens is 405 g/mol. The summed E-state index contributed by atoms with van der Waals surface area (Å²) in [5, 5.41) is 13.0. The van der Waals surface area contributed by atoms with Crippen LogP contribution in [0.2, 0.25) is 0 Å². The van der Waals surface area contributed by atoms with E-state index in [-0.39, 0.29) is 38.2 Å². The van der Waals surface area contributed by atoms with Crippen molar-refractivity contribution in [3.63, 3.8) is 0 Å². The zero-order valence-electron chi connectivity index (χ0n) is 15.5. The van der Waals surface area contributed by atoms with Gasteiger partial charge in [-0.15, -0.1) is 11.3 Å². The maximum Gasteiger partial charge on any atom is 0.251 e. The first kappa shape index (κ1) is 20.7. The average molecular weight is 422 g/mol. The number of thiophene rings is 1. The van der Waals surface area contributed by atoms with E-state index in [4.69, 9.17) is 5.73 Å². The highest BCUT2D eigenvalue weighted by Gasteiger charge is 2.24. The summed E-state index contributed by atoms with van der Waals surface area (Å²) in [7, 11) is 0. The summed E-state index contributed by atoms with van der Waals surface area (Å²) in [6, 6.07) is 4.78. The minimum Gasteiger partial charge on any atom is -0.386 e. The van der Waals surface area contributed by atoms with Crippen LogP contribution in [0.3, 0.4) is 0 Å². The summed E-state index contributed by atoms with van der Waals surface area (Å²) < 4.78 is 42.1. The Kier molecular flexibility index (Phi) is 5.58. The molecule has 3 aromatic rings. The maximum atomic E-state index is 14.7. The van der Waals surface area contributed by atoms with Gasteiger partial charge in [-0.2, -0.15) is 0 Å². The Morgan fingerprint density at radius 1 is 1.28 bits per heavy atom. The van der Waals surface area contributed by atoms with Crippen molar-refractivity contribution in [2.75, 3.05) is 5.32 Å². The molecule has 0 saturated carbocycles. The van der Waals surface area contributed by atoms with E-state index in [1.165, 1.54) is 32.2 Å². The Bertz CT molecular complexity index is 1060. The number of nitrogens with two attached hydrogens (primary N) is 1. The lowest BCUT2D eigenvalue weighted by molar-refractivity contribution is 0.0778. The molecule has 0 fully saturated rings. The number of halogens is 3. The van der Waals surface area contributed by atoms with Crippen molar-refractivity contribution in [1.29, 1.82) is 0 Å². The number of alkyl halides is 1. The molecule has 0 aliphatic carbocycles. The van der Waals surface area contributed by atoms with Gasteiger partial charge < -0.3 is 16.2 Å². The zero-order chi connectivity index (χ0) is 21.3. The second-order valence-corrected chi connectivity index (χ2v) is 7.76. The number of hydrogen-bond acceptors (Lipinski definition) is 6. The fourth-order valence-electron chi connectivity index (χ4n) is 2.60. The molecule has 0 radical (unpaired) electrons. The third-order valence-electron chi connectivity index (χ3n) is 4.06. The van der Waals surface area contributed by atoms with Crippen LogP contribution in [0.4, 0.5) is 24.0 Å². The van der Waals surface area contributed by atoms with E-state index in [2.05, 4.69) is 15.3 Å². The summed E-state index contributed by atoms with van der Waals surface area (Å²) >= 11 is 0.882. The summed E-state index contributed by atoms with van der Waals surface area (Å²) in [5.74, 6) is -2.47. The molecule has 0 atom stereocenters. The quantitative estimate of drug-likeness (QED) is 0.557. The number of rotatable bonds is 6. The number of aliphatic hydroxyl groups is 1. The standard InChI is InChI=1S/C19H17F3N4O2S/c1-19(2,28)9-5-11(21)16(12(22)6-9)13-7-10(17(23)27)18(29-13)26-14-3-4-24-15(8-20)25-14/h3-7,28H,8H2,1-2H3,(H2,23,27)(H,24,25,26). The minimum atomic E-state index is -1.43. The van der Waals surface area contributed by atoms with Crippen molar-refractivity contribution in [3.05, 3.63) is 59.0 Å². The first-order valence-corrected chi connectivity index (χ1v) is 9.22. The third kappa shape index (κ3) is 4.38. The molecule has 10 heteroatoms. The predicted molar refractivity (Wildman–Crippen MR) is 104 cm³/mol. The molecule has 0 aliphatic rings. The van der Waals surface area contributed by atoms with Gasteiger partial charge in [0.05, 0.1) is 16.7 Å². The van der Waals surface area contributed by atoms with Gasteiger partial charge in [0.25, 0.3) is 5.91 Å². The molecule has 1 amide bonds. The van der Waals surface area contributed by atoms with E-state index in [1.807, 2.05) is 0 Å². The Hall–Kier alpha value is -2.98. The van der Waals surface area contributed by atoms with Crippen LogP contribution in [0.5, 0.6) is 0 Å². The number of amides is 1. The van der Waals surface area contributed by atoms with E-state index in [0.29, 0.717) is 0 Å². The highest BCUT2D eigenvalue weighted by molar-refractivity contribution is 7.20. The van der Waals surface area contributed by atoms with Gasteiger partial charge in [-0.3, -0.25) is 4.79 Å². The van der Waals surface area contributed by atoms with Gasteiger partial charge in [-0.05, 0) is 43.7 Å². The van der Waals surface area contributed by atoms with Gasteiger partial charge in [0.15, 0.2) is 5.82 Å². The van der Waals surface area contributed by atoms with Gasteiger partial charge in [0, 0.05) is 11.1 Å². The van der Waals surface area contributed by atoms with E-state index < -0.39 is 29.8 Å². The lowest BCUT2D eigenvalue weighted by Gasteiger charge is -2.18. The van der Waals surface area contributed by atoms with Gasteiger partial charge in [0.2, 0.25) is 0 Å². The second-order valence-electron chi connectivity index (χ2n) is 6.71. The van der Waals surface area contributed by atoms with E-state index >= 15 is 0 Å². The summed E-state index contributed by atoms with van der Waals surface area (Å²) in [5.41, 5.74) is 3.67. The van der Waals surface area contributed by atoms with Crippen molar-refractivity contribution in [1.82, 2.24) is 9.97 Å². The zero-order valence-corrected chi connectivity index (χ0v) is 16.3. The van der Waals surface area contributed by atoms with E-state index in [1.54, 1.807) is 0 Å². The fraction of sp³-hybridized carbons (Fsp3) is 0.211. The number of aromatic nitrogens is 2. The number of primary amides is 1. The first-order valence-electron chi connectivity index (χ1n) is 8.41. The highest BCUT2D eigenvalue weighted by Crippen LogP contribution is 2.40. The molecule has 0 bridgehead atoms. The van der Waals surface area contributed by atoms with Gasteiger partial charge in [-0.25, -0.2) is 23.1 Å². The third-order valence-corrected chi connectivity index (χ3v) is 5.13. The molecule has 0 saturated heterocycles. The van der Waals surface area contributed by atoms with Crippen molar-refractivity contribution in [3.8, 4) is 10.4 Å². The summed E-state index contributed by atoms with van der Waals surface area (Å²) in [6.45, 7) is 1.94. The largest absolute Gasteiger partial charge is 0.386 e. The van der Waals surface area contributed by atoms with Crippen LogP contribution in [0.25, 0.3) is 10.4 Å². The maximum absolute atomic E-state index is 14.7. The Morgan fingerprint density at radius 2 is 1.93 bits per heavy atom. The van der Waals surface area contributed by atoms with E-state index in [0.717, 1.165) is 23.5 Å².